The molecule has 0 saturated heterocycles. The average Bonchev–Trinajstić information content (AvgIpc) is 2.77. The predicted molar refractivity (Wildman–Crippen MR) is 76.3 cm³/mol. The second kappa shape index (κ2) is 4.79. The fourth-order valence-electron chi connectivity index (χ4n) is 2.61. The number of nitro benzene ring substituents is 1. The van der Waals surface area contributed by atoms with Crippen molar-refractivity contribution < 1.29 is 4.92 Å². The molecule has 1 aromatic heterocycles. The summed E-state index contributed by atoms with van der Waals surface area (Å²) in [7, 11) is 0. The highest BCUT2D eigenvalue weighted by Crippen LogP contribution is 2.31. The second-order valence-corrected chi connectivity index (χ2v) is 5.23. The lowest BCUT2D eigenvalue weighted by atomic mass is 9.97. The number of hydrogen-bond acceptors (Lipinski definition) is 4. The minimum absolute atomic E-state index is 0.118. The molecule has 0 saturated carbocycles. The van der Waals surface area contributed by atoms with Crippen molar-refractivity contribution in [2.24, 2.45) is 0 Å². The molecular weight excluding hydrogens is 280 g/mol. The Balaban J connectivity index is 2.14. The van der Waals surface area contributed by atoms with E-state index in [4.69, 9.17) is 17.3 Å². The largest absolute Gasteiger partial charge is 0.382 e. The molecule has 0 spiro atoms. The van der Waals surface area contributed by atoms with Crippen molar-refractivity contribution in [3.63, 3.8) is 0 Å². The molecule has 2 aromatic rings. The standard InChI is InChI=1S/C13H13ClN4O2/c14-10-6-5-8(7-12(10)18(19)20)17-11-4-2-1-3-9(11)13(15)16-17/h5-7H,1-4H2,(H2,15,16). The molecule has 3 rings (SSSR count). The van der Waals surface area contributed by atoms with Crippen LogP contribution < -0.4 is 5.73 Å². The van der Waals surface area contributed by atoms with Gasteiger partial charge >= 0.3 is 0 Å². The van der Waals surface area contributed by atoms with Crippen molar-refractivity contribution in [3.05, 3.63) is 44.6 Å². The van der Waals surface area contributed by atoms with Gasteiger partial charge in [0.05, 0.1) is 10.6 Å². The molecule has 1 aliphatic rings. The molecule has 2 N–H and O–H groups in total. The SMILES string of the molecule is Nc1nn(-c2ccc(Cl)c([N+](=O)[O-])c2)c2c1CCCC2. The first-order chi connectivity index (χ1) is 9.58. The Morgan fingerprint density at radius 1 is 1.35 bits per heavy atom. The van der Waals surface area contributed by atoms with E-state index in [1.165, 1.54) is 12.1 Å². The third kappa shape index (κ3) is 2.02. The molecule has 0 atom stereocenters. The van der Waals surface area contributed by atoms with Crippen molar-refractivity contribution in [2.75, 3.05) is 5.73 Å². The number of nitrogen functional groups attached to an aromatic ring is 1. The van der Waals surface area contributed by atoms with Crippen LogP contribution >= 0.6 is 11.6 Å². The van der Waals surface area contributed by atoms with E-state index in [-0.39, 0.29) is 10.7 Å². The van der Waals surface area contributed by atoms with Crippen LogP contribution in [0.5, 0.6) is 0 Å². The van der Waals surface area contributed by atoms with E-state index in [9.17, 15) is 10.1 Å². The maximum absolute atomic E-state index is 11.0. The third-order valence-electron chi connectivity index (χ3n) is 3.58. The first-order valence-corrected chi connectivity index (χ1v) is 6.76. The molecule has 6 nitrogen and oxygen atoms in total. The molecule has 0 aliphatic heterocycles. The highest BCUT2D eigenvalue weighted by atomic mass is 35.5. The van der Waals surface area contributed by atoms with E-state index in [2.05, 4.69) is 5.10 Å². The number of nitrogens with two attached hydrogens (primary N) is 1. The normalized spacial score (nSPS) is 14.1. The van der Waals surface area contributed by atoms with Gasteiger partial charge in [-0.2, -0.15) is 5.10 Å². The van der Waals surface area contributed by atoms with Crippen LogP contribution in [0, 0.1) is 10.1 Å². The summed E-state index contributed by atoms with van der Waals surface area (Å²) in [6.45, 7) is 0. The third-order valence-corrected chi connectivity index (χ3v) is 3.90. The van der Waals surface area contributed by atoms with E-state index in [1.54, 1.807) is 10.7 Å². The summed E-state index contributed by atoms with van der Waals surface area (Å²) in [5.74, 6) is 0.511. The first-order valence-electron chi connectivity index (χ1n) is 6.38. The summed E-state index contributed by atoms with van der Waals surface area (Å²) < 4.78 is 1.70. The quantitative estimate of drug-likeness (QED) is 0.681. The molecule has 1 aliphatic carbocycles. The summed E-state index contributed by atoms with van der Waals surface area (Å²) in [6, 6.07) is 4.67. The van der Waals surface area contributed by atoms with Crippen LogP contribution in [0.3, 0.4) is 0 Å². The van der Waals surface area contributed by atoms with Crippen LogP contribution in [-0.2, 0) is 12.8 Å². The van der Waals surface area contributed by atoms with Crippen LogP contribution in [0.15, 0.2) is 18.2 Å². The fraction of sp³-hybridized carbons (Fsp3) is 0.308. The summed E-state index contributed by atoms with van der Waals surface area (Å²) in [6.07, 6.45) is 3.98. The first kappa shape index (κ1) is 12.9. The van der Waals surface area contributed by atoms with Gasteiger partial charge in [0.25, 0.3) is 5.69 Å². The van der Waals surface area contributed by atoms with E-state index in [0.717, 1.165) is 36.9 Å². The molecule has 0 fully saturated rings. The van der Waals surface area contributed by atoms with Crippen LogP contribution in [-0.4, -0.2) is 14.7 Å². The molecule has 0 bridgehead atoms. The maximum Gasteiger partial charge on any atom is 0.290 e. The van der Waals surface area contributed by atoms with Crippen molar-refractivity contribution in [1.29, 1.82) is 0 Å². The zero-order valence-corrected chi connectivity index (χ0v) is 11.4. The number of rotatable bonds is 2. The van der Waals surface area contributed by atoms with Crippen molar-refractivity contribution in [1.82, 2.24) is 9.78 Å². The van der Waals surface area contributed by atoms with Gasteiger partial charge in [-0.1, -0.05) is 11.6 Å². The number of nitro groups is 1. The molecule has 1 heterocycles. The Morgan fingerprint density at radius 3 is 2.85 bits per heavy atom. The Bertz CT molecular complexity index is 696. The van der Waals surface area contributed by atoms with E-state index < -0.39 is 4.92 Å². The topological polar surface area (TPSA) is 87.0 Å². The van der Waals surface area contributed by atoms with Crippen molar-refractivity contribution in [3.8, 4) is 5.69 Å². The van der Waals surface area contributed by atoms with Gasteiger partial charge < -0.3 is 5.73 Å². The fourth-order valence-corrected chi connectivity index (χ4v) is 2.80. The molecule has 20 heavy (non-hydrogen) atoms. The second-order valence-electron chi connectivity index (χ2n) is 4.82. The molecule has 1 aromatic carbocycles. The van der Waals surface area contributed by atoms with Gasteiger partial charge in [0.2, 0.25) is 0 Å². The lowest BCUT2D eigenvalue weighted by Gasteiger charge is -2.13. The number of hydrogen-bond donors (Lipinski definition) is 1. The lowest BCUT2D eigenvalue weighted by molar-refractivity contribution is -0.384. The van der Waals surface area contributed by atoms with Gasteiger partial charge in [-0.15, -0.1) is 0 Å². The molecule has 104 valence electrons. The Labute approximate surface area is 120 Å². The Morgan fingerprint density at radius 2 is 2.10 bits per heavy atom. The van der Waals surface area contributed by atoms with Gasteiger partial charge in [-0.05, 0) is 37.8 Å². The summed E-state index contributed by atoms with van der Waals surface area (Å²) in [5, 5.41) is 15.4. The minimum Gasteiger partial charge on any atom is -0.382 e. The molecule has 7 heteroatoms. The van der Waals surface area contributed by atoms with Gasteiger partial charge in [0.1, 0.15) is 10.8 Å². The Hall–Kier alpha value is -2.08. The molecule has 0 radical (unpaired) electrons. The van der Waals surface area contributed by atoms with Crippen LogP contribution in [0.1, 0.15) is 24.1 Å². The Kier molecular flexibility index (Phi) is 3.10. The summed E-state index contributed by atoms with van der Waals surface area (Å²) in [5.41, 5.74) is 8.54. The maximum atomic E-state index is 11.0. The highest BCUT2D eigenvalue weighted by Gasteiger charge is 2.21. The van der Waals surface area contributed by atoms with E-state index in [1.807, 2.05) is 0 Å². The minimum atomic E-state index is -0.495. The monoisotopic (exact) mass is 292 g/mol. The molecular formula is C13H13ClN4O2. The van der Waals surface area contributed by atoms with Crippen LogP contribution in [0.25, 0.3) is 5.69 Å². The van der Waals surface area contributed by atoms with E-state index >= 15 is 0 Å². The number of halogens is 1. The highest BCUT2D eigenvalue weighted by molar-refractivity contribution is 6.32. The number of benzene rings is 1. The predicted octanol–water partition coefficient (Wildman–Crippen LogP) is 2.89. The van der Waals surface area contributed by atoms with Crippen molar-refractivity contribution in [2.45, 2.75) is 25.7 Å². The summed E-state index contributed by atoms with van der Waals surface area (Å²) >= 11 is 5.83. The summed E-state index contributed by atoms with van der Waals surface area (Å²) in [4.78, 5) is 10.5. The van der Waals surface area contributed by atoms with Gasteiger partial charge in [-0.25, -0.2) is 4.68 Å². The van der Waals surface area contributed by atoms with Crippen molar-refractivity contribution >= 4 is 23.1 Å². The smallest absolute Gasteiger partial charge is 0.290 e. The van der Waals surface area contributed by atoms with Crippen LogP contribution in [0.2, 0.25) is 5.02 Å². The lowest BCUT2D eigenvalue weighted by Crippen LogP contribution is -2.08. The van der Waals surface area contributed by atoms with Gasteiger partial charge in [0, 0.05) is 17.3 Å². The number of anilines is 1. The van der Waals surface area contributed by atoms with Crippen LogP contribution in [0.4, 0.5) is 11.5 Å². The number of nitrogens with zero attached hydrogens (tertiary/aromatic N) is 3. The van der Waals surface area contributed by atoms with Gasteiger partial charge in [-0.3, -0.25) is 10.1 Å². The zero-order valence-electron chi connectivity index (χ0n) is 10.7. The number of aromatic nitrogens is 2. The number of fused-ring (bicyclic) bond motifs is 1. The average molecular weight is 293 g/mol. The molecule has 0 unspecified atom stereocenters. The van der Waals surface area contributed by atoms with E-state index in [0.29, 0.717) is 11.5 Å². The zero-order chi connectivity index (χ0) is 14.3. The van der Waals surface area contributed by atoms with Gasteiger partial charge in [0.15, 0.2) is 0 Å². The molecule has 0 amide bonds.